The highest BCUT2D eigenvalue weighted by Gasteiger charge is 2.22. The number of nitrogens with one attached hydrogen (secondary N) is 2. The van der Waals surface area contributed by atoms with E-state index < -0.39 is 0 Å². The van der Waals surface area contributed by atoms with Gasteiger partial charge in [-0.3, -0.25) is 19.6 Å². The minimum atomic E-state index is -0.181. The standard InChI is InChI=1S/C22H30N4O2S/c1-21(2,17-5-9-23-10-6-17)15-25-19(27)13-29-14-20(28)26-16-22(3,4)18-7-11-24-12-8-18/h5-12H,13-16H2,1-4H3,(H,25,27)(H,26,28). The van der Waals surface area contributed by atoms with E-state index in [9.17, 15) is 9.59 Å². The Bertz CT molecular complexity index is 727. The van der Waals surface area contributed by atoms with Crippen LogP contribution in [0.3, 0.4) is 0 Å². The molecule has 6 nitrogen and oxygen atoms in total. The van der Waals surface area contributed by atoms with E-state index >= 15 is 0 Å². The van der Waals surface area contributed by atoms with Gasteiger partial charge in [-0.25, -0.2) is 0 Å². The molecule has 29 heavy (non-hydrogen) atoms. The first kappa shape index (κ1) is 22.9. The molecule has 2 N–H and O–H groups in total. The van der Waals surface area contributed by atoms with Gasteiger partial charge >= 0.3 is 0 Å². The van der Waals surface area contributed by atoms with Gasteiger partial charge in [0.1, 0.15) is 0 Å². The van der Waals surface area contributed by atoms with E-state index in [1.165, 1.54) is 11.8 Å². The molecule has 0 aliphatic rings. The van der Waals surface area contributed by atoms with Gasteiger partial charge in [0.2, 0.25) is 11.8 Å². The quantitative estimate of drug-likeness (QED) is 0.624. The maximum Gasteiger partial charge on any atom is 0.230 e. The van der Waals surface area contributed by atoms with Crippen LogP contribution in [0.25, 0.3) is 0 Å². The summed E-state index contributed by atoms with van der Waals surface area (Å²) in [6.07, 6.45) is 7.01. The molecule has 0 radical (unpaired) electrons. The highest BCUT2D eigenvalue weighted by Crippen LogP contribution is 2.22. The first-order valence-corrected chi connectivity index (χ1v) is 10.8. The van der Waals surface area contributed by atoms with Crippen LogP contribution in [0.5, 0.6) is 0 Å². The Morgan fingerprint density at radius 2 is 1.10 bits per heavy atom. The summed E-state index contributed by atoms with van der Waals surface area (Å²) in [5, 5.41) is 5.91. The van der Waals surface area contributed by atoms with Gasteiger partial charge in [-0.1, -0.05) is 27.7 Å². The Labute approximate surface area is 177 Å². The SMILES string of the molecule is CC(C)(CNC(=O)CSCC(=O)NCC(C)(C)c1ccncc1)c1ccncc1. The van der Waals surface area contributed by atoms with E-state index in [4.69, 9.17) is 0 Å². The summed E-state index contributed by atoms with van der Waals surface area (Å²) in [5.41, 5.74) is 1.88. The van der Waals surface area contributed by atoms with E-state index in [1.807, 2.05) is 24.3 Å². The van der Waals surface area contributed by atoms with Gasteiger partial charge in [-0.15, -0.1) is 11.8 Å². The topological polar surface area (TPSA) is 84.0 Å². The number of carbonyl (C=O) groups excluding carboxylic acids is 2. The van der Waals surface area contributed by atoms with Crippen molar-refractivity contribution in [2.75, 3.05) is 24.6 Å². The van der Waals surface area contributed by atoms with Gasteiger partial charge in [0.15, 0.2) is 0 Å². The van der Waals surface area contributed by atoms with Crippen molar-refractivity contribution in [3.63, 3.8) is 0 Å². The first-order chi connectivity index (χ1) is 13.7. The van der Waals surface area contributed by atoms with Gasteiger partial charge in [0.05, 0.1) is 11.5 Å². The third kappa shape index (κ3) is 7.49. The van der Waals surface area contributed by atoms with Crippen molar-refractivity contribution in [1.29, 1.82) is 0 Å². The van der Waals surface area contributed by atoms with Crippen LogP contribution in [0.2, 0.25) is 0 Å². The summed E-state index contributed by atoms with van der Waals surface area (Å²) in [6, 6.07) is 7.83. The number of rotatable bonds is 10. The van der Waals surface area contributed by atoms with E-state index in [0.29, 0.717) is 13.1 Å². The minimum Gasteiger partial charge on any atom is -0.355 e. The summed E-state index contributed by atoms with van der Waals surface area (Å²) >= 11 is 1.32. The fourth-order valence-electron chi connectivity index (χ4n) is 2.79. The Hall–Kier alpha value is -2.41. The van der Waals surface area contributed by atoms with Crippen molar-refractivity contribution < 1.29 is 9.59 Å². The van der Waals surface area contributed by atoms with Gasteiger partial charge in [-0.05, 0) is 35.4 Å². The predicted molar refractivity (Wildman–Crippen MR) is 118 cm³/mol. The molecule has 0 saturated heterocycles. The number of amides is 2. The average Bonchev–Trinajstić information content (AvgIpc) is 2.72. The Balaban J connectivity index is 1.67. The molecule has 0 fully saturated rings. The molecule has 7 heteroatoms. The van der Waals surface area contributed by atoms with E-state index in [-0.39, 0.29) is 34.2 Å². The number of nitrogens with zero attached hydrogens (tertiary/aromatic N) is 2. The smallest absolute Gasteiger partial charge is 0.230 e. The zero-order chi connectivity index (χ0) is 21.3. The van der Waals surface area contributed by atoms with Crippen LogP contribution in [-0.2, 0) is 20.4 Å². The molecule has 0 atom stereocenters. The summed E-state index contributed by atoms with van der Waals surface area (Å²) in [6.45, 7) is 9.37. The van der Waals surface area contributed by atoms with Crippen LogP contribution < -0.4 is 10.6 Å². The fraction of sp³-hybridized carbons (Fsp3) is 0.455. The van der Waals surface area contributed by atoms with Gasteiger partial charge in [0, 0.05) is 48.7 Å². The minimum absolute atomic E-state index is 0.0675. The average molecular weight is 415 g/mol. The molecule has 0 aliphatic heterocycles. The zero-order valence-corrected chi connectivity index (χ0v) is 18.4. The highest BCUT2D eigenvalue weighted by atomic mass is 32.2. The van der Waals surface area contributed by atoms with Gasteiger partial charge < -0.3 is 10.6 Å². The van der Waals surface area contributed by atoms with E-state index in [1.54, 1.807) is 24.8 Å². The van der Waals surface area contributed by atoms with Crippen molar-refractivity contribution >= 4 is 23.6 Å². The number of carbonyl (C=O) groups is 2. The zero-order valence-electron chi connectivity index (χ0n) is 17.6. The molecule has 0 saturated carbocycles. The van der Waals surface area contributed by atoms with E-state index in [2.05, 4.69) is 48.3 Å². The van der Waals surface area contributed by atoms with Crippen LogP contribution in [0.4, 0.5) is 0 Å². The van der Waals surface area contributed by atoms with Crippen LogP contribution in [0.15, 0.2) is 49.1 Å². The lowest BCUT2D eigenvalue weighted by Gasteiger charge is -2.25. The maximum atomic E-state index is 12.1. The highest BCUT2D eigenvalue weighted by molar-refractivity contribution is 8.00. The molecular weight excluding hydrogens is 384 g/mol. The molecule has 2 amide bonds. The molecule has 2 aromatic heterocycles. The molecule has 156 valence electrons. The molecule has 0 spiro atoms. The Morgan fingerprint density at radius 1 is 0.759 bits per heavy atom. The number of pyridine rings is 2. The number of thioether (sulfide) groups is 1. The number of hydrogen-bond donors (Lipinski definition) is 2. The molecule has 2 aromatic rings. The molecule has 2 heterocycles. The Kier molecular flexibility index (Phi) is 8.20. The second-order valence-corrected chi connectivity index (χ2v) is 9.27. The van der Waals surface area contributed by atoms with Crippen molar-refractivity contribution in [3.05, 3.63) is 60.2 Å². The second kappa shape index (κ2) is 10.4. The number of hydrogen-bond acceptors (Lipinski definition) is 5. The molecule has 2 rings (SSSR count). The molecule has 0 aliphatic carbocycles. The summed E-state index contributed by atoms with van der Waals surface area (Å²) in [4.78, 5) is 32.3. The summed E-state index contributed by atoms with van der Waals surface area (Å²) < 4.78 is 0. The van der Waals surface area contributed by atoms with Crippen molar-refractivity contribution in [2.45, 2.75) is 38.5 Å². The van der Waals surface area contributed by atoms with Crippen LogP contribution in [-0.4, -0.2) is 46.4 Å². The number of aromatic nitrogens is 2. The lowest BCUT2D eigenvalue weighted by molar-refractivity contribution is -0.119. The second-order valence-electron chi connectivity index (χ2n) is 8.29. The Morgan fingerprint density at radius 3 is 1.45 bits per heavy atom. The molecule has 0 bridgehead atoms. The van der Waals surface area contributed by atoms with Gasteiger partial charge in [0.25, 0.3) is 0 Å². The summed E-state index contributed by atoms with van der Waals surface area (Å²) in [5.74, 6) is 0.380. The predicted octanol–water partition coefficient (Wildman–Crippen LogP) is 2.70. The lowest BCUT2D eigenvalue weighted by Crippen LogP contribution is -2.39. The van der Waals surface area contributed by atoms with Crippen LogP contribution in [0.1, 0.15) is 38.8 Å². The third-order valence-electron chi connectivity index (χ3n) is 4.84. The monoisotopic (exact) mass is 414 g/mol. The maximum absolute atomic E-state index is 12.1. The molecule has 0 aromatic carbocycles. The van der Waals surface area contributed by atoms with Gasteiger partial charge in [-0.2, -0.15) is 0 Å². The first-order valence-electron chi connectivity index (χ1n) is 9.63. The summed E-state index contributed by atoms with van der Waals surface area (Å²) in [7, 11) is 0. The van der Waals surface area contributed by atoms with Crippen molar-refractivity contribution in [3.8, 4) is 0 Å². The third-order valence-corrected chi connectivity index (χ3v) is 5.78. The van der Waals surface area contributed by atoms with Crippen molar-refractivity contribution in [2.24, 2.45) is 0 Å². The molecular formula is C22H30N4O2S. The van der Waals surface area contributed by atoms with E-state index in [0.717, 1.165) is 11.1 Å². The lowest BCUT2D eigenvalue weighted by atomic mass is 9.85. The van der Waals surface area contributed by atoms with Crippen LogP contribution in [0, 0.1) is 0 Å². The normalized spacial score (nSPS) is 11.7. The van der Waals surface area contributed by atoms with Crippen molar-refractivity contribution in [1.82, 2.24) is 20.6 Å². The fourth-order valence-corrected chi connectivity index (χ4v) is 3.46. The molecule has 0 unspecified atom stereocenters. The van der Waals surface area contributed by atoms with Crippen LogP contribution >= 0.6 is 11.8 Å². The largest absolute Gasteiger partial charge is 0.355 e.